The Morgan fingerprint density at radius 2 is 1.28 bits per heavy atom. The Hall–Kier alpha value is -0.120. The Labute approximate surface area is 156 Å². The molecule has 0 unspecified atom stereocenters. The van der Waals surface area contributed by atoms with Crippen LogP contribution in [0.4, 0.5) is 0 Å². The lowest BCUT2D eigenvalue weighted by molar-refractivity contribution is 0.0487. The maximum absolute atomic E-state index is 6.01. The molecule has 2 aliphatic heterocycles. The van der Waals surface area contributed by atoms with Crippen LogP contribution in [0.15, 0.2) is 0 Å². The van der Waals surface area contributed by atoms with E-state index < -0.39 is 0 Å². The summed E-state index contributed by atoms with van der Waals surface area (Å²) < 4.78 is 6.01. The Morgan fingerprint density at radius 3 is 1.84 bits per heavy atom. The number of hydrogen-bond acceptors (Lipinski definition) is 3. The fourth-order valence-corrected chi connectivity index (χ4v) is 5.41. The Balaban J connectivity index is 1.24. The standard InChI is InChI=1S/C22H42N2O/c1-2-12-23-13-8-21(9-14-23)22-10-15-24(16-11-22)17-18-25-19-20-6-4-3-5-7-20/h20-22H,2-19H2,1H3. The Bertz CT molecular complexity index is 340. The summed E-state index contributed by atoms with van der Waals surface area (Å²) in [6, 6.07) is 0. The molecule has 0 aromatic rings. The van der Waals surface area contributed by atoms with Gasteiger partial charge in [-0.25, -0.2) is 0 Å². The van der Waals surface area contributed by atoms with E-state index in [2.05, 4.69) is 16.7 Å². The Morgan fingerprint density at radius 1 is 0.720 bits per heavy atom. The summed E-state index contributed by atoms with van der Waals surface area (Å²) in [7, 11) is 0. The van der Waals surface area contributed by atoms with Crippen molar-refractivity contribution in [1.29, 1.82) is 0 Å². The summed E-state index contributed by atoms with van der Waals surface area (Å²) in [6.45, 7) is 12.1. The molecule has 0 spiro atoms. The third-order valence-electron chi connectivity index (χ3n) is 7.10. The van der Waals surface area contributed by atoms with E-state index in [4.69, 9.17) is 4.74 Å². The van der Waals surface area contributed by atoms with Gasteiger partial charge in [-0.2, -0.15) is 0 Å². The number of rotatable bonds is 8. The quantitative estimate of drug-likeness (QED) is 0.603. The second kappa shape index (κ2) is 10.9. The van der Waals surface area contributed by atoms with Crippen LogP contribution in [0.3, 0.4) is 0 Å². The molecule has 146 valence electrons. The van der Waals surface area contributed by atoms with Crippen molar-refractivity contribution in [2.24, 2.45) is 17.8 Å². The first-order chi connectivity index (χ1) is 12.3. The van der Waals surface area contributed by atoms with E-state index in [1.165, 1.54) is 96.9 Å². The highest BCUT2D eigenvalue weighted by atomic mass is 16.5. The van der Waals surface area contributed by atoms with Crippen LogP contribution in [0, 0.1) is 17.8 Å². The molecule has 1 saturated carbocycles. The van der Waals surface area contributed by atoms with Gasteiger partial charge in [0.2, 0.25) is 0 Å². The maximum atomic E-state index is 6.01. The van der Waals surface area contributed by atoms with E-state index in [0.717, 1.165) is 37.5 Å². The second-order valence-corrected chi connectivity index (χ2v) is 8.94. The molecule has 0 aromatic heterocycles. The van der Waals surface area contributed by atoms with Crippen LogP contribution in [0.1, 0.15) is 71.1 Å². The monoisotopic (exact) mass is 350 g/mol. The molecule has 3 nitrogen and oxygen atoms in total. The molecule has 0 amide bonds. The number of likely N-dealkylation sites (tertiary alicyclic amines) is 2. The molecule has 2 heterocycles. The fourth-order valence-electron chi connectivity index (χ4n) is 5.41. The first-order valence-electron chi connectivity index (χ1n) is 11.4. The molecular formula is C22H42N2O. The molecule has 3 aliphatic rings. The number of hydrogen-bond donors (Lipinski definition) is 0. The van der Waals surface area contributed by atoms with Crippen molar-refractivity contribution in [3.8, 4) is 0 Å². The molecule has 25 heavy (non-hydrogen) atoms. The molecule has 0 N–H and O–H groups in total. The summed E-state index contributed by atoms with van der Waals surface area (Å²) >= 11 is 0. The third-order valence-corrected chi connectivity index (χ3v) is 7.10. The van der Waals surface area contributed by atoms with E-state index in [1.807, 2.05) is 0 Å². The van der Waals surface area contributed by atoms with Crippen LogP contribution >= 0.6 is 0 Å². The zero-order valence-electron chi connectivity index (χ0n) is 16.8. The van der Waals surface area contributed by atoms with Gasteiger partial charge in [-0.15, -0.1) is 0 Å². The van der Waals surface area contributed by atoms with Crippen LogP contribution < -0.4 is 0 Å². The second-order valence-electron chi connectivity index (χ2n) is 8.94. The lowest BCUT2D eigenvalue weighted by Gasteiger charge is -2.40. The van der Waals surface area contributed by atoms with Gasteiger partial charge in [0.05, 0.1) is 6.61 Å². The Kier molecular flexibility index (Phi) is 8.55. The molecule has 3 heteroatoms. The van der Waals surface area contributed by atoms with Gasteiger partial charge in [0.25, 0.3) is 0 Å². The molecule has 0 radical (unpaired) electrons. The van der Waals surface area contributed by atoms with E-state index in [1.54, 1.807) is 0 Å². The number of nitrogens with zero attached hydrogens (tertiary/aromatic N) is 2. The number of ether oxygens (including phenoxy) is 1. The molecule has 3 fully saturated rings. The smallest absolute Gasteiger partial charge is 0.0593 e. The van der Waals surface area contributed by atoms with Gasteiger partial charge in [0, 0.05) is 13.2 Å². The lowest BCUT2D eigenvalue weighted by atomic mass is 9.79. The topological polar surface area (TPSA) is 15.7 Å². The predicted molar refractivity (Wildman–Crippen MR) is 106 cm³/mol. The number of piperidine rings is 2. The van der Waals surface area contributed by atoms with E-state index in [0.29, 0.717) is 0 Å². The van der Waals surface area contributed by atoms with Gasteiger partial charge < -0.3 is 14.5 Å². The highest BCUT2D eigenvalue weighted by Crippen LogP contribution is 2.32. The molecule has 2 saturated heterocycles. The van der Waals surface area contributed by atoms with Gasteiger partial charge >= 0.3 is 0 Å². The fraction of sp³-hybridized carbons (Fsp3) is 1.00. The predicted octanol–water partition coefficient (Wildman–Crippen LogP) is 4.42. The summed E-state index contributed by atoms with van der Waals surface area (Å²) in [4.78, 5) is 5.33. The van der Waals surface area contributed by atoms with Crippen molar-refractivity contribution >= 4 is 0 Å². The SMILES string of the molecule is CCCN1CCC(C2CCN(CCOCC3CCCCC3)CC2)CC1. The normalized spacial score (nSPS) is 26.3. The highest BCUT2D eigenvalue weighted by molar-refractivity contribution is 4.82. The van der Waals surface area contributed by atoms with Gasteiger partial charge in [-0.1, -0.05) is 26.2 Å². The third kappa shape index (κ3) is 6.52. The molecule has 0 bridgehead atoms. The van der Waals surface area contributed by atoms with Crippen molar-refractivity contribution in [3.05, 3.63) is 0 Å². The minimum absolute atomic E-state index is 0.859. The van der Waals surface area contributed by atoms with Crippen molar-refractivity contribution in [1.82, 2.24) is 9.80 Å². The van der Waals surface area contributed by atoms with Crippen LogP contribution in [0.25, 0.3) is 0 Å². The van der Waals surface area contributed by atoms with Crippen molar-refractivity contribution in [2.45, 2.75) is 71.1 Å². The molecule has 0 atom stereocenters. The van der Waals surface area contributed by atoms with Crippen LogP contribution in [0.2, 0.25) is 0 Å². The van der Waals surface area contributed by atoms with Gasteiger partial charge in [0.1, 0.15) is 0 Å². The molecule has 1 aliphatic carbocycles. The molecule has 3 rings (SSSR count). The van der Waals surface area contributed by atoms with E-state index >= 15 is 0 Å². The highest BCUT2D eigenvalue weighted by Gasteiger charge is 2.29. The summed E-state index contributed by atoms with van der Waals surface area (Å²) in [5, 5.41) is 0. The van der Waals surface area contributed by atoms with Crippen molar-refractivity contribution < 1.29 is 4.74 Å². The van der Waals surface area contributed by atoms with Crippen molar-refractivity contribution in [3.63, 3.8) is 0 Å². The minimum Gasteiger partial charge on any atom is -0.380 e. The first kappa shape index (κ1) is 19.6. The van der Waals surface area contributed by atoms with E-state index in [9.17, 15) is 0 Å². The lowest BCUT2D eigenvalue weighted by Crippen LogP contribution is -2.41. The van der Waals surface area contributed by atoms with Crippen LogP contribution in [-0.4, -0.2) is 62.3 Å². The summed E-state index contributed by atoms with van der Waals surface area (Å²) in [5.41, 5.74) is 0. The summed E-state index contributed by atoms with van der Waals surface area (Å²) in [6.07, 6.45) is 14.2. The van der Waals surface area contributed by atoms with E-state index in [-0.39, 0.29) is 0 Å². The van der Waals surface area contributed by atoms with Crippen LogP contribution in [0.5, 0.6) is 0 Å². The molecular weight excluding hydrogens is 308 g/mol. The van der Waals surface area contributed by atoms with Crippen molar-refractivity contribution in [2.75, 3.05) is 52.5 Å². The zero-order valence-corrected chi connectivity index (χ0v) is 16.8. The van der Waals surface area contributed by atoms with Gasteiger partial charge in [0.15, 0.2) is 0 Å². The largest absolute Gasteiger partial charge is 0.380 e. The summed E-state index contributed by atoms with van der Waals surface area (Å²) in [5.74, 6) is 2.87. The zero-order chi connectivity index (χ0) is 17.3. The van der Waals surface area contributed by atoms with Gasteiger partial charge in [-0.05, 0) is 95.4 Å². The van der Waals surface area contributed by atoms with Crippen LogP contribution in [-0.2, 0) is 4.74 Å². The van der Waals surface area contributed by atoms with Gasteiger partial charge in [-0.3, -0.25) is 0 Å². The first-order valence-corrected chi connectivity index (χ1v) is 11.4. The molecule has 0 aromatic carbocycles. The maximum Gasteiger partial charge on any atom is 0.0593 e. The minimum atomic E-state index is 0.859. The average Bonchev–Trinajstić information content (AvgIpc) is 2.68. The average molecular weight is 351 g/mol.